The van der Waals surface area contributed by atoms with Crippen LogP contribution in [0.15, 0.2) is 35.5 Å². The summed E-state index contributed by atoms with van der Waals surface area (Å²) in [5.41, 5.74) is -0.179. The van der Waals surface area contributed by atoms with E-state index in [0.717, 1.165) is 30.7 Å². The summed E-state index contributed by atoms with van der Waals surface area (Å²) in [5.74, 6) is 0.412. The molecule has 174 valence electrons. The lowest BCUT2D eigenvalue weighted by atomic mass is 9.97. The molecule has 0 spiro atoms. The number of halogens is 3. The van der Waals surface area contributed by atoms with E-state index in [9.17, 15) is 22.8 Å². The van der Waals surface area contributed by atoms with Crippen molar-refractivity contribution in [2.45, 2.75) is 25.6 Å². The Labute approximate surface area is 192 Å². The van der Waals surface area contributed by atoms with E-state index < -0.39 is 22.9 Å². The minimum absolute atomic E-state index is 0.00224. The Morgan fingerprint density at radius 2 is 1.97 bits per heavy atom. The first-order valence-electron chi connectivity index (χ1n) is 10.3. The van der Waals surface area contributed by atoms with Gasteiger partial charge in [0.15, 0.2) is 0 Å². The van der Waals surface area contributed by atoms with Crippen molar-refractivity contribution in [3.8, 4) is 0 Å². The van der Waals surface area contributed by atoms with Crippen molar-refractivity contribution < 1.29 is 22.8 Å². The molecule has 8 nitrogen and oxygen atoms in total. The molecule has 0 saturated carbocycles. The zero-order valence-electron chi connectivity index (χ0n) is 17.4. The van der Waals surface area contributed by atoms with Gasteiger partial charge in [-0.2, -0.15) is 13.2 Å². The Morgan fingerprint density at radius 3 is 2.67 bits per heavy atom. The Bertz CT molecular complexity index is 1070. The zero-order chi connectivity index (χ0) is 23.4. The van der Waals surface area contributed by atoms with Gasteiger partial charge >= 0.3 is 6.18 Å². The Morgan fingerprint density at radius 1 is 1.18 bits per heavy atom. The molecule has 0 bridgehead atoms. The summed E-state index contributed by atoms with van der Waals surface area (Å²) in [6.45, 7) is 2.06. The molecule has 0 aromatic carbocycles. The molecule has 2 aromatic rings. The van der Waals surface area contributed by atoms with Crippen LogP contribution in [-0.2, 0) is 17.5 Å². The summed E-state index contributed by atoms with van der Waals surface area (Å²) in [6.07, 6.45) is 1.78. The fourth-order valence-electron chi connectivity index (χ4n) is 3.72. The summed E-state index contributed by atoms with van der Waals surface area (Å²) >= 11 is 0.832. The summed E-state index contributed by atoms with van der Waals surface area (Å²) in [4.78, 5) is 38.0. The third kappa shape index (κ3) is 5.88. The molecule has 2 N–H and O–H groups in total. The van der Waals surface area contributed by atoms with Crippen LogP contribution in [0, 0.1) is 5.92 Å². The molecule has 12 heteroatoms. The van der Waals surface area contributed by atoms with Crippen LogP contribution in [0.1, 0.15) is 29.8 Å². The number of nitrogens with zero attached hydrogens (tertiary/aromatic N) is 4. The number of pyridine rings is 1. The molecule has 2 fully saturated rings. The largest absolute Gasteiger partial charge is 0.418 e. The van der Waals surface area contributed by atoms with Crippen LogP contribution in [0.5, 0.6) is 0 Å². The van der Waals surface area contributed by atoms with Crippen molar-refractivity contribution in [1.82, 2.24) is 25.6 Å². The van der Waals surface area contributed by atoms with Gasteiger partial charge in [-0.25, -0.2) is 9.97 Å². The monoisotopic (exact) mass is 478 g/mol. The van der Waals surface area contributed by atoms with E-state index >= 15 is 0 Å². The molecule has 2 aliphatic rings. The standard InChI is InChI=1S/C21H21F3N6O2S/c22-21(23,24)15-2-1-6-26-16(15)12-25-11-13-4-8-30(9-5-13)19-27-7-3-14(28-19)10-17-18(31)29-20(32)33-17/h1-3,6-7,10,13,25H,4-5,8-9,11-12H2,(H,29,31,32)/b17-10-. The van der Waals surface area contributed by atoms with E-state index in [-0.39, 0.29) is 17.1 Å². The second-order valence-electron chi connectivity index (χ2n) is 7.69. The average Bonchev–Trinajstić information content (AvgIpc) is 3.10. The van der Waals surface area contributed by atoms with Crippen molar-refractivity contribution in [3.05, 3.63) is 52.4 Å². The number of carbonyl (C=O) groups excluding carboxylic acids is 2. The molecule has 0 radical (unpaired) electrons. The predicted molar refractivity (Wildman–Crippen MR) is 117 cm³/mol. The summed E-state index contributed by atoms with van der Waals surface area (Å²) in [6, 6.07) is 4.00. The number of thioether (sulfide) groups is 1. The topological polar surface area (TPSA) is 100 Å². The highest BCUT2D eigenvalue weighted by Crippen LogP contribution is 2.31. The van der Waals surface area contributed by atoms with Crippen LogP contribution < -0.4 is 15.5 Å². The summed E-state index contributed by atoms with van der Waals surface area (Å²) < 4.78 is 39.3. The molecule has 2 aliphatic heterocycles. The third-order valence-corrected chi connectivity index (χ3v) is 6.21. The van der Waals surface area contributed by atoms with Crippen molar-refractivity contribution in [3.63, 3.8) is 0 Å². The highest BCUT2D eigenvalue weighted by molar-refractivity contribution is 8.18. The molecule has 4 rings (SSSR count). The van der Waals surface area contributed by atoms with E-state index in [2.05, 4.69) is 25.6 Å². The lowest BCUT2D eigenvalue weighted by molar-refractivity contribution is -0.138. The summed E-state index contributed by atoms with van der Waals surface area (Å²) in [7, 11) is 0. The normalized spacial score (nSPS) is 18.8. The van der Waals surface area contributed by atoms with Gasteiger partial charge in [0.2, 0.25) is 5.95 Å². The first-order chi connectivity index (χ1) is 15.8. The van der Waals surface area contributed by atoms with E-state index in [0.29, 0.717) is 37.2 Å². The number of hydrogen-bond donors (Lipinski definition) is 2. The number of anilines is 1. The SMILES string of the molecule is O=C1NC(=O)/C(=C/c2ccnc(N3CCC(CNCc4ncccc4C(F)(F)F)CC3)n2)S1. The molecular formula is C21H21F3N6O2S. The predicted octanol–water partition coefficient (Wildman–Crippen LogP) is 3.22. The van der Waals surface area contributed by atoms with Gasteiger partial charge in [0.1, 0.15) is 0 Å². The number of nitrogens with one attached hydrogen (secondary N) is 2. The molecule has 0 atom stereocenters. The van der Waals surface area contributed by atoms with Crippen molar-refractivity contribution in [1.29, 1.82) is 0 Å². The van der Waals surface area contributed by atoms with Crippen molar-refractivity contribution in [2.75, 3.05) is 24.5 Å². The highest BCUT2D eigenvalue weighted by atomic mass is 32.2. The third-order valence-electron chi connectivity index (χ3n) is 5.40. The fraction of sp³-hybridized carbons (Fsp3) is 0.381. The highest BCUT2D eigenvalue weighted by Gasteiger charge is 2.33. The second kappa shape index (κ2) is 9.87. The van der Waals surface area contributed by atoms with Gasteiger partial charge < -0.3 is 10.2 Å². The fourth-order valence-corrected chi connectivity index (χ4v) is 4.39. The maximum atomic E-state index is 13.1. The van der Waals surface area contributed by atoms with Crippen LogP contribution >= 0.6 is 11.8 Å². The maximum Gasteiger partial charge on any atom is 0.418 e. The van der Waals surface area contributed by atoms with Crippen molar-refractivity contribution in [2.24, 2.45) is 5.92 Å². The Kier molecular flexibility index (Phi) is 6.94. The molecule has 4 heterocycles. The lowest BCUT2D eigenvalue weighted by Crippen LogP contribution is -2.38. The second-order valence-corrected chi connectivity index (χ2v) is 8.71. The number of alkyl halides is 3. The number of piperidine rings is 1. The number of amides is 2. The van der Waals surface area contributed by atoms with Crippen molar-refractivity contribution >= 4 is 34.9 Å². The van der Waals surface area contributed by atoms with E-state index in [1.165, 1.54) is 12.3 Å². The van der Waals surface area contributed by atoms with Gasteiger partial charge in [-0.3, -0.25) is 19.9 Å². The Hall–Kier alpha value is -2.99. The Balaban J connectivity index is 1.29. The molecule has 2 aromatic heterocycles. The molecule has 2 amide bonds. The smallest absolute Gasteiger partial charge is 0.341 e. The number of rotatable bonds is 6. The summed E-state index contributed by atoms with van der Waals surface area (Å²) in [5, 5.41) is 4.90. The van der Waals surface area contributed by atoms with Crippen LogP contribution in [0.4, 0.5) is 23.9 Å². The number of aromatic nitrogens is 3. The maximum absolute atomic E-state index is 13.1. The van der Waals surface area contributed by atoms with Gasteiger partial charge in [0, 0.05) is 32.0 Å². The minimum atomic E-state index is -4.42. The van der Waals surface area contributed by atoms with Gasteiger partial charge in [-0.05, 0) is 61.3 Å². The average molecular weight is 479 g/mol. The molecule has 33 heavy (non-hydrogen) atoms. The first kappa shape index (κ1) is 23.2. The number of imide groups is 1. The molecule has 0 unspecified atom stereocenters. The molecule has 2 saturated heterocycles. The van der Waals surface area contributed by atoms with Gasteiger partial charge in [0.05, 0.1) is 21.9 Å². The van der Waals surface area contributed by atoms with Crippen LogP contribution in [0.2, 0.25) is 0 Å². The van der Waals surface area contributed by atoms with Crippen LogP contribution in [0.3, 0.4) is 0 Å². The minimum Gasteiger partial charge on any atom is -0.341 e. The lowest BCUT2D eigenvalue weighted by Gasteiger charge is -2.32. The zero-order valence-corrected chi connectivity index (χ0v) is 18.2. The quantitative estimate of drug-likeness (QED) is 0.611. The van der Waals surface area contributed by atoms with E-state index in [1.54, 1.807) is 18.3 Å². The molecular weight excluding hydrogens is 457 g/mol. The van der Waals surface area contributed by atoms with Gasteiger partial charge in [-0.15, -0.1) is 0 Å². The van der Waals surface area contributed by atoms with Crippen LogP contribution in [0.25, 0.3) is 6.08 Å². The first-order valence-corrected chi connectivity index (χ1v) is 11.2. The number of carbonyl (C=O) groups is 2. The van der Waals surface area contributed by atoms with Gasteiger partial charge in [0.25, 0.3) is 11.1 Å². The van der Waals surface area contributed by atoms with E-state index in [1.807, 2.05) is 4.90 Å². The van der Waals surface area contributed by atoms with E-state index in [4.69, 9.17) is 0 Å². The van der Waals surface area contributed by atoms with Gasteiger partial charge in [-0.1, -0.05) is 0 Å². The van der Waals surface area contributed by atoms with Crippen LogP contribution in [-0.4, -0.2) is 45.7 Å². The number of hydrogen-bond acceptors (Lipinski definition) is 8. The molecule has 0 aliphatic carbocycles.